The molecular formula is C28H23ClF3NO3S. The topological polar surface area (TPSA) is 46.6 Å². The van der Waals surface area contributed by atoms with Crippen LogP contribution in [0.3, 0.4) is 0 Å². The fourth-order valence-corrected chi connectivity index (χ4v) is 5.56. The molecule has 0 aliphatic heterocycles. The van der Waals surface area contributed by atoms with E-state index in [9.17, 15) is 21.6 Å². The minimum absolute atomic E-state index is 0.105. The number of ether oxygens (including phenoxy) is 1. The summed E-state index contributed by atoms with van der Waals surface area (Å²) in [5.74, 6) is 0.211. The summed E-state index contributed by atoms with van der Waals surface area (Å²) in [7, 11) is -2.94. The average molecular weight is 546 g/mol. The predicted octanol–water partition coefficient (Wildman–Crippen LogP) is 7.74. The van der Waals surface area contributed by atoms with E-state index in [2.05, 4.69) is 0 Å². The van der Waals surface area contributed by atoms with E-state index in [1.165, 1.54) is 13.2 Å². The van der Waals surface area contributed by atoms with E-state index in [0.717, 1.165) is 39.7 Å². The molecule has 192 valence electrons. The van der Waals surface area contributed by atoms with E-state index in [0.29, 0.717) is 16.1 Å². The molecule has 9 heteroatoms. The highest BCUT2D eigenvalue weighted by atomic mass is 35.5. The molecule has 0 bridgehead atoms. The summed E-state index contributed by atoms with van der Waals surface area (Å²) in [4.78, 5) is -0.285. The van der Waals surface area contributed by atoms with E-state index >= 15 is 0 Å². The average Bonchev–Trinajstić information content (AvgIpc) is 2.89. The van der Waals surface area contributed by atoms with E-state index in [1.807, 2.05) is 48.5 Å². The van der Waals surface area contributed by atoms with E-state index in [4.69, 9.17) is 16.3 Å². The number of benzene rings is 4. The first-order valence-electron chi connectivity index (χ1n) is 11.2. The van der Waals surface area contributed by atoms with Gasteiger partial charge in [-0.1, -0.05) is 66.2 Å². The van der Waals surface area contributed by atoms with Gasteiger partial charge in [0, 0.05) is 11.1 Å². The molecule has 0 aliphatic carbocycles. The first kappa shape index (κ1) is 26.6. The zero-order valence-electron chi connectivity index (χ0n) is 20.0. The van der Waals surface area contributed by atoms with Crippen LogP contribution in [-0.4, -0.2) is 15.5 Å². The summed E-state index contributed by atoms with van der Waals surface area (Å²) in [6, 6.07) is 23.4. The molecule has 0 amide bonds. The van der Waals surface area contributed by atoms with Crippen LogP contribution in [0.5, 0.6) is 5.75 Å². The molecule has 0 aromatic heterocycles. The van der Waals surface area contributed by atoms with E-state index in [1.54, 1.807) is 19.1 Å². The molecule has 4 nitrogen and oxygen atoms in total. The fraction of sp³-hybridized carbons (Fsp3) is 0.143. The van der Waals surface area contributed by atoms with E-state index in [-0.39, 0.29) is 22.9 Å². The molecule has 0 unspecified atom stereocenters. The minimum Gasteiger partial charge on any atom is -0.494 e. The number of rotatable bonds is 7. The van der Waals surface area contributed by atoms with Gasteiger partial charge in [-0.3, -0.25) is 4.31 Å². The molecular weight excluding hydrogens is 523 g/mol. The van der Waals surface area contributed by atoms with E-state index < -0.39 is 21.8 Å². The second kappa shape index (κ2) is 10.5. The number of sulfonamides is 1. The molecule has 0 heterocycles. The van der Waals surface area contributed by atoms with Crippen molar-refractivity contribution < 1.29 is 26.3 Å². The molecule has 0 N–H and O–H groups in total. The molecule has 0 saturated heterocycles. The SMILES string of the molecule is COc1cc(Cl)c(C)cc1N(Cc1ccccc1-c1ccccc1)S(=O)(=O)c1ccc(C(F)(F)F)cc1. The third-order valence-corrected chi connectivity index (χ3v) is 8.10. The van der Waals surface area contributed by atoms with Crippen LogP contribution in [-0.2, 0) is 22.7 Å². The lowest BCUT2D eigenvalue weighted by atomic mass is 9.99. The van der Waals surface area contributed by atoms with Crippen molar-refractivity contribution in [3.05, 3.63) is 113 Å². The molecule has 37 heavy (non-hydrogen) atoms. The van der Waals surface area contributed by atoms with Crippen molar-refractivity contribution in [1.82, 2.24) is 0 Å². The van der Waals surface area contributed by atoms with Gasteiger partial charge in [-0.2, -0.15) is 13.2 Å². The summed E-state index contributed by atoms with van der Waals surface area (Å²) < 4.78 is 73.9. The van der Waals surface area contributed by atoms with Gasteiger partial charge in [0.1, 0.15) is 5.75 Å². The zero-order valence-corrected chi connectivity index (χ0v) is 21.5. The highest BCUT2D eigenvalue weighted by Gasteiger charge is 2.33. The van der Waals surface area contributed by atoms with Crippen molar-refractivity contribution >= 4 is 27.3 Å². The third-order valence-electron chi connectivity index (χ3n) is 5.91. The Balaban J connectivity index is 1.89. The van der Waals surface area contributed by atoms with Gasteiger partial charge in [0.25, 0.3) is 10.0 Å². The molecule has 0 atom stereocenters. The first-order valence-corrected chi connectivity index (χ1v) is 13.0. The minimum atomic E-state index is -4.59. The fourth-order valence-electron chi connectivity index (χ4n) is 3.96. The number of alkyl halides is 3. The number of nitrogens with zero attached hydrogens (tertiary/aromatic N) is 1. The van der Waals surface area contributed by atoms with Crippen LogP contribution in [0.4, 0.5) is 18.9 Å². The zero-order chi connectivity index (χ0) is 26.8. The van der Waals surface area contributed by atoms with Gasteiger partial charge in [0.05, 0.1) is 29.8 Å². The van der Waals surface area contributed by atoms with Crippen molar-refractivity contribution in [2.45, 2.75) is 24.5 Å². The van der Waals surface area contributed by atoms with Gasteiger partial charge in [-0.15, -0.1) is 0 Å². The lowest BCUT2D eigenvalue weighted by Crippen LogP contribution is -2.31. The van der Waals surface area contributed by atoms with Crippen LogP contribution in [0.1, 0.15) is 16.7 Å². The Morgan fingerprint density at radius 2 is 1.51 bits per heavy atom. The predicted molar refractivity (Wildman–Crippen MR) is 139 cm³/mol. The lowest BCUT2D eigenvalue weighted by molar-refractivity contribution is -0.137. The number of aryl methyl sites for hydroxylation is 1. The van der Waals surface area contributed by atoms with Crippen LogP contribution >= 0.6 is 11.6 Å². The van der Waals surface area contributed by atoms with Crippen molar-refractivity contribution in [3.8, 4) is 16.9 Å². The van der Waals surface area contributed by atoms with Crippen LogP contribution in [0, 0.1) is 6.92 Å². The summed E-state index contributed by atoms with van der Waals surface area (Å²) in [5.41, 5.74) is 2.30. The lowest BCUT2D eigenvalue weighted by Gasteiger charge is -2.28. The largest absolute Gasteiger partial charge is 0.494 e. The van der Waals surface area contributed by atoms with Gasteiger partial charge >= 0.3 is 6.18 Å². The van der Waals surface area contributed by atoms with Gasteiger partial charge in [0.15, 0.2) is 0 Å². The Bertz CT molecular complexity index is 1510. The second-order valence-electron chi connectivity index (χ2n) is 8.33. The van der Waals surface area contributed by atoms with Gasteiger partial charge in [-0.05, 0) is 59.5 Å². The monoisotopic (exact) mass is 545 g/mol. The third kappa shape index (κ3) is 5.60. The maximum absolute atomic E-state index is 14.0. The normalized spacial score (nSPS) is 11.8. The number of halogens is 4. The number of hydrogen-bond acceptors (Lipinski definition) is 3. The Labute approximate surface area is 218 Å². The Morgan fingerprint density at radius 3 is 2.14 bits per heavy atom. The molecule has 0 aliphatic rings. The summed E-state index contributed by atoms with van der Waals surface area (Å²) in [5, 5.41) is 0.386. The summed E-state index contributed by atoms with van der Waals surface area (Å²) in [6.07, 6.45) is -4.59. The van der Waals surface area contributed by atoms with Crippen molar-refractivity contribution in [1.29, 1.82) is 0 Å². The standard InChI is InChI=1S/C28H23ClF3NO3S/c1-19-16-26(27(36-2)17-25(19)29)33(37(34,35)23-14-12-22(13-15-23)28(30,31)32)18-21-10-6-7-11-24(21)20-8-4-3-5-9-20/h3-17H,18H2,1-2H3. The maximum Gasteiger partial charge on any atom is 0.416 e. The molecule has 4 aromatic carbocycles. The summed E-state index contributed by atoms with van der Waals surface area (Å²) in [6.45, 7) is 1.62. The number of methoxy groups -OCH3 is 1. The highest BCUT2D eigenvalue weighted by molar-refractivity contribution is 7.92. The second-order valence-corrected chi connectivity index (χ2v) is 10.6. The smallest absolute Gasteiger partial charge is 0.416 e. The van der Waals surface area contributed by atoms with Crippen molar-refractivity contribution in [3.63, 3.8) is 0 Å². The van der Waals surface area contributed by atoms with Crippen molar-refractivity contribution in [2.75, 3.05) is 11.4 Å². The summed E-state index contributed by atoms with van der Waals surface area (Å²) >= 11 is 6.27. The first-order chi connectivity index (χ1) is 17.5. The van der Waals surface area contributed by atoms with Crippen LogP contribution < -0.4 is 9.04 Å². The Kier molecular flexibility index (Phi) is 7.52. The van der Waals surface area contributed by atoms with Gasteiger partial charge < -0.3 is 4.74 Å². The number of hydrogen-bond donors (Lipinski definition) is 0. The molecule has 4 aromatic rings. The Hall–Kier alpha value is -3.49. The van der Waals surface area contributed by atoms with Crippen LogP contribution in [0.25, 0.3) is 11.1 Å². The Morgan fingerprint density at radius 1 is 0.892 bits per heavy atom. The van der Waals surface area contributed by atoms with Crippen molar-refractivity contribution in [2.24, 2.45) is 0 Å². The maximum atomic E-state index is 14.0. The molecule has 0 saturated carbocycles. The van der Waals surface area contributed by atoms with Crippen LogP contribution in [0.15, 0.2) is 95.9 Å². The van der Waals surface area contributed by atoms with Gasteiger partial charge in [0.2, 0.25) is 0 Å². The van der Waals surface area contributed by atoms with Crippen LogP contribution in [0.2, 0.25) is 5.02 Å². The molecule has 0 fully saturated rings. The molecule has 0 radical (unpaired) electrons. The molecule has 4 rings (SSSR count). The molecule has 0 spiro atoms. The number of anilines is 1. The highest BCUT2D eigenvalue weighted by Crippen LogP contribution is 2.39. The quantitative estimate of drug-likeness (QED) is 0.239. The van der Waals surface area contributed by atoms with Gasteiger partial charge in [-0.25, -0.2) is 8.42 Å².